The van der Waals surface area contributed by atoms with Crippen LogP contribution in [-0.4, -0.2) is 73.5 Å². The molecule has 1 atom stereocenters. The fraction of sp³-hybridized carbons (Fsp3) is 0.900. The van der Waals surface area contributed by atoms with E-state index in [0.717, 1.165) is 39.1 Å². The van der Waals surface area contributed by atoms with E-state index in [1.54, 1.807) is 0 Å². The summed E-state index contributed by atoms with van der Waals surface area (Å²) >= 11 is 0. The first kappa shape index (κ1) is 9.93. The van der Waals surface area contributed by atoms with Crippen molar-refractivity contribution in [3.63, 3.8) is 0 Å². The lowest BCUT2D eigenvalue weighted by Gasteiger charge is -2.35. The molecule has 0 bridgehead atoms. The molecule has 2 aliphatic rings. The molecule has 2 fully saturated rings. The fourth-order valence-electron chi connectivity index (χ4n) is 2.28. The second-order valence-corrected chi connectivity index (χ2v) is 4.40. The van der Waals surface area contributed by atoms with E-state index in [9.17, 15) is 4.79 Å². The molecule has 0 aromatic heterocycles. The third kappa shape index (κ3) is 1.77. The maximum atomic E-state index is 11.8. The van der Waals surface area contributed by atoms with Crippen LogP contribution < -0.4 is 0 Å². The summed E-state index contributed by atoms with van der Waals surface area (Å²) in [5.41, 5.74) is 0. The molecule has 0 N–H and O–H groups in total. The van der Waals surface area contributed by atoms with Gasteiger partial charge in [-0.15, -0.1) is 0 Å². The van der Waals surface area contributed by atoms with Gasteiger partial charge in [-0.2, -0.15) is 0 Å². The first-order chi connectivity index (χ1) is 6.68. The SMILES string of the molecule is CN1CCN(C2CCN(C)C2=O)CC1. The molecule has 0 radical (unpaired) electrons. The van der Waals surface area contributed by atoms with Gasteiger partial charge < -0.3 is 9.80 Å². The smallest absolute Gasteiger partial charge is 0.239 e. The number of carbonyl (C=O) groups is 1. The lowest BCUT2D eigenvalue weighted by molar-refractivity contribution is -0.131. The van der Waals surface area contributed by atoms with Crippen LogP contribution in [0.4, 0.5) is 0 Å². The Bertz CT molecular complexity index is 223. The molecule has 4 nitrogen and oxygen atoms in total. The highest BCUT2D eigenvalue weighted by Gasteiger charge is 2.34. The lowest BCUT2D eigenvalue weighted by Crippen LogP contribution is -2.51. The van der Waals surface area contributed by atoms with E-state index in [4.69, 9.17) is 0 Å². The Labute approximate surface area is 85.5 Å². The highest BCUT2D eigenvalue weighted by Crippen LogP contribution is 2.16. The second kappa shape index (κ2) is 3.87. The monoisotopic (exact) mass is 197 g/mol. The van der Waals surface area contributed by atoms with Gasteiger partial charge in [0.25, 0.3) is 0 Å². The van der Waals surface area contributed by atoms with Crippen molar-refractivity contribution in [3.8, 4) is 0 Å². The number of likely N-dealkylation sites (tertiary alicyclic amines) is 1. The number of amides is 1. The van der Waals surface area contributed by atoms with E-state index in [-0.39, 0.29) is 6.04 Å². The number of likely N-dealkylation sites (N-methyl/N-ethyl adjacent to an activating group) is 2. The summed E-state index contributed by atoms with van der Waals surface area (Å²) in [6.07, 6.45) is 1.01. The van der Waals surface area contributed by atoms with E-state index in [1.165, 1.54) is 0 Å². The van der Waals surface area contributed by atoms with Crippen LogP contribution >= 0.6 is 0 Å². The average Bonchev–Trinajstić information content (AvgIpc) is 2.50. The number of nitrogens with zero attached hydrogens (tertiary/aromatic N) is 3. The maximum Gasteiger partial charge on any atom is 0.239 e. The number of rotatable bonds is 1. The van der Waals surface area contributed by atoms with Crippen LogP contribution in [-0.2, 0) is 4.79 Å². The van der Waals surface area contributed by atoms with Gasteiger partial charge in [0, 0.05) is 39.8 Å². The Hall–Kier alpha value is -0.610. The molecule has 2 heterocycles. The summed E-state index contributed by atoms with van der Waals surface area (Å²) in [7, 11) is 4.04. The topological polar surface area (TPSA) is 26.8 Å². The number of piperazine rings is 1. The summed E-state index contributed by atoms with van der Waals surface area (Å²) in [6, 6.07) is 0.175. The zero-order valence-electron chi connectivity index (χ0n) is 9.07. The van der Waals surface area contributed by atoms with Crippen LogP contribution in [0.3, 0.4) is 0 Å². The molecule has 14 heavy (non-hydrogen) atoms. The summed E-state index contributed by atoms with van der Waals surface area (Å²) < 4.78 is 0. The molecule has 0 aliphatic carbocycles. The van der Waals surface area contributed by atoms with Gasteiger partial charge in [-0.25, -0.2) is 0 Å². The predicted molar refractivity (Wildman–Crippen MR) is 55.1 cm³/mol. The van der Waals surface area contributed by atoms with Gasteiger partial charge in [-0.3, -0.25) is 9.69 Å². The molecule has 1 amide bonds. The van der Waals surface area contributed by atoms with Gasteiger partial charge in [0.15, 0.2) is 0 Å². The molecule has 2 rings (SSSR count). The minimum absolute atomic E-state index is 0.175. The van der Waals surface area contributed by atoms with Crippen molar-refractivity contribution in [2.24, 2.45) is 0 Å². The van der Waals surface area contributed by atoms with Crippen LogP contribution in [0.1, 0.15) is 6.42 Å². The van der Waals surface area contributed by atoms with Crippen LogP contribution in [0, 0.1) is 0 Å². The van der Waals surface area contributed by atoms with Gasteiger partial charge in [0.1, 0.15) is 0 Å². The van der Waals surface area contributed by atoms with Crippen LogP contribution in [0.2, 0.25) is 0 Å². The van der Waals surface area contributed by atoms with Crippen molar-refractivity contribution >= 4 is 5.91 Å². The largest absolute Gasteiger partial charge is 0.344 e. The average molecular weight is 197 g/mol. The molecule has 0 spiro atoms. The zero-order valence-corrected chi connectivity index (χ0v) is 9.07. The zero-order chi connectivity index (χ0) is 10.1. The molecule has 2 saturated heterocycles. The highest BCUT2D eigenvalue weighted by atomic mass is 16.2. The highest BCUT2D eigenvalue weighted by molar-refractivity contribution is 5.83. The van der Waals surface area contributed by atoms with Crippen LogP contribution in [0.15, 0.2) is 0 Å². The number of hydrogen-bond donors (Lipinski definition) is 0. The first-order valence-corrected chi connectivity index (χ1v) is 5.36. The molecular weight excluding hydrogens is 178 g/mol. The van der Waals surface area contributed by atoms with Crippen molar-refractivity contribution < 1.29 is 4.79 Å². The molecule has 0 aromatic carbocycles. The lowest BCUT2D eigenvalue weighted by atomic mass is 10.2. The van der Waals surface area contributed by atoms with Crippen LogP contribution in [0.5, 0.6) is 0 Å². The summed E-state index contributed by atoms with van der Waals surface area (Å²) in [6.45, 7) is 5.19. The predicted octanol–water partition coefficient (Wildman–Crippen LogP) is -0.535. The molecule has 0 aromatic rings. The van der Waals surface area contributed by atoms with E-state index in [2.05, 4.69) is 16.8 Å². The van der Waals surface area contributed by atoms with Crippen molar-refractivity contribution in [2.45, 2.75) is 12.5 Å². The quantitative estimate of drug-likeness (QED) is 0.565. The molecule has 1 unspecified atom stereocenters. The van der Waals surface area contributed by atoms with E-state index in [0.29, 0.717) is 5.91 Å². The summed E-state index contributed by atoms with van der Waals surface area (Å²) in [5, 5.41) is 0. The maximum absolute atomic E-state index is 11.8. The van der Waals surface area contributed by atoms with Crippen molar-refractivity contribution in [3.05, 3.63) is 0 Å². The first-order valence-electron chi connectivity index (χ1n) is 5.36. The van der Waals surface area contributed by atoms with Gasteiger partial charge in [0.2, 0.25) is 5.91 Å². The fourth-order valence-corrected chi connectivity index (χ4v) is 2.28. The van der Waals surface area contributed by atoms with E-state index >= 15 is 0 Å². The molecular formula is C10H19N3O. The van der Waals surface area contributed by atoms with Gasteiger partial charge in [0.05, 0.1) is 6.04 Å². The summed E-state index contributed by atoms with van der Waals surface area (Å²) in [4.78, 5) is 18.3. The Balaban J connectivity index is 1.93. The molecule has 80 valence electrons. The van der Waals surface area contributed by atoms with Crippen molar-refractivity contribution in [2.75, 3.05) is 46.8 Å². The number of carbonyl (C=O) groups excluding carboxylic acids is 1. The van der Waals surface area contributed by atoms with Gasteiger partial charge in [-0.1, -0.05) is 0 Å². The minimum atomic E-state index is 0.175. The second-order valence-electron chi connectivity index (χ2n) is 4.40. The van der Waals surface area contributed by atoms with E-state index < -0.39 is 0 Å². The Morgan fingerprint density at radius 3 is 2.21 bits per heavy atom. The summed E-state index contributed by atoms with van der Waals surface area (Å²) in [5.74, 6) is 0.314. The van der Waals surface area contributed by atoms with Gasteiger partial charge >= 0.3 is 0 Å². The third-order valence-corrected chi connectivity index (χ3v) is 3.38. The third-order valence-electron chi connectivity index (χ3n) is 3.38. The molecule has 4 heteroatoms. The minimum Gasteiger partial charge on any atom is -0.344 e. The van der Waals surface area contributed by atoms with Gasteiger partial charge in [-0.05, 0) is 13.5 Å². The van der Waals surface area contributed by atoms with Crippen molar-refractivity contribution in [1.82, 2.24) is 14.7 Å². The Morgan fingerprint density at radius 1 is 1.07 bits per heavy atom. The normalized spacial score (nSPS) is 31.4. The molecule has 0 saturated carbocycles. The number of hydrogen-bond acceptors (Lipinski definition) is 3. The van der Waals surface area contributed by atoms with Crippen LogP contribution in [0.25, 0.3) is 0 Å². The Kier molecular flexibility index (Phi) is 2.74. The standard InChI is InChI=1S/C10H19N3O/c1-11-5-7-13(8-6-11)9-3-4-12(2)10(9)14/h9H,3-8H2,1-2H3. The van der Waals surface area contributed by atoms with E-state index in [1.807, 2.05) is 11.9 Å². The van der Waals surface area contributed by atoms with Crippen molar-refractivity contribution in [1.29, 1.82) is 0 Å². The molecule has 2 aliphatic heterocycles. The Morgan fingerprint density at radius 2 is 1.71 bits per heavy atom.